The van der Waals surface area contributed by atoms with E-state index < -0.39 is 24.5 Å². The molecule has 110 valence electrons. The Morgan fingerprint density at radius 2 is 1.80 bits per heavy atom. The van der Waals surface area contributed by atoms with Gasteiger partial charge >= 0.3 is 11.9 Å². The number of carboxylic acid groups (broad SMARTS) is 2. The van der Waals surface area contributed by atoms with Crippen LogP contribution in [0.25, 0.3) is 6.08 Å². The lowest BCUT2D eigenvalue weighted by atomic mass is 10.1. The van der Waals surface area contributed by atoms with E-state index >= 15 is 0 Å². The van der Waals surface area contributed by atoms with E-state index in [1.54, 1.807) is 0 Å². The van der Waals surface area contributed by atoms with Crippen molar-refractivity contribution in [3.8, 4) is 0 Å². The van der Waals surface area contributed by atoms with Crippen molar-refractivity contribution in [2.24, 2.45) is 5.73 Å². The van der Waals surface area contributed by atoms with E-state index in [0.29, 0.717) is 0 Å². The van der Waals surface area contributed by atoms with Gasteiger partial charge in [0.2, 0.25) is 0 Å². The summed E-state index contributed by atoms with van der Waals surface area (Å²) in [5.41, 5.74) is 7.98. The van der Waals surface area contributed by atoms with E-state index in [0.717, 1.165) is 11.1 Å². The summed E-state index contributed by atoms with van der Waals surface area (Å²) in [6.45, 7) is 5.65. The van der Waals surface area contributed by atoms with Crippen molar-refractivity contribution < 1.29 is 24.9 Å². The largest absolute Gasteiger partial charge is 0.481 e. The van der Waals surface area contributed by atoms with E-state index in [-0.39, 0.29) is 6.04 Å². The maximum atomic E-state index is 9.72. The maximum Gasteiger partial charge on any atom is 0.333 e. The van der Waals surface area contributed by atoms with Crippen molar-refractivity contribution in [3.63, 3.8) is 0 Å². The monoisotopic (exact) mass is 281 g/mol. The molecule has 0 aliphatic carbocycles. The molecule has 6 nitrogen and oxygen atoms in total. The summed E-state index contributed by atoms with van der Waals surface area (Å²) in [5.74, 6) is -2.85. The standard InChI is InChI=1S/C10H13N.C4H6O5/c1-3-9-4-6-10(7-5-9)8(2)11;5-2(4(8)9)1-3(6)7/h3-8H,1,11H2,2H3;2,5H,1H2,(H,6,7)(H,8,9)/t8-;/m1./s1. The third-order valence-corrected chi connectivity index (χ3v) is 2.35. The topological polar surface area (TPSA) is 121 Å². The van der Waals surface area contributed by atoms with Gasteiger partial charge in [-0.15, -0.1) is 0 Å². The normalized spacial score (nSPS) is 12.6. The predicted molar refractivity (Wildman–Crippen MR) is 75.0 cm³/mol. The lowest BCUT2D eigenvalue weighted by molar-refractivity contribution is -0.152. The minimum absolute atomic E-state index is 0.119. The second-order valence-electron chi connectivity index (χ2n) is 4.11. The average Bonchev–Trinajstić information content (AvgIpc) is 2.38. The van der Waals surface area contributed by atoms with Crippen LogP contribution in [0.3, 0.4) is 0 Å². The summed E-state index contributed by atoms with van der Waals surface area (Å²) < 4.78 is 0. The highest BCUT2D eigenvalue weighted by Gasteiger charge is 2.16. The van der Waals surface area contributed by atoms with Crippen LogP contribution in [-0.4, -0.2) is 33.4 Å². The van der Waals surface area contributed by atoms with Crippen LogP contribution in [0.1, 0.15) is 30.5 Å². The van der Waals surface area contributed by atoms with E-state index in [2.05, 4.69) is 6.58 Å². The van der Waals surface area contributed by atoms with Crippen molar-refractivity contribution in [2.75, 3.05) is 0 Å². The molecule has 0 spiro atoms. The summed E-state index contributed by atoms with van der Waals surface area (Å²) in [5, 5.41) is 24.1. The number of hydrogen-bond donors (Lipinski definition) is 4. The Balaban J connectivity index is 0.000000370. The molecule has 1 aromatic carbocycles. The summed E-state index contributed by atoms with van der Waals surface area (Å²) in [6.07, 6.45) is -0.720. The Morgan fingerprint density at radius 3 is 2.05 bits per heavy atom. The Hall–Kier alpha value is -2.18. The van der Waals surface area contributed by atoms with Gasteiger partial charge in [0.25, 0.3) is 0 Å². The third kappa shape index (κ3) is 7.30. The van der Waals surface area contributed by atoms with Crippen molar-refractivity contribution in [1.29, 1.82) is 0 Å². The minimum Gasteiger partial charge on any atom is -0.481 e. The Bertz CT molecular complexity index is 453. The van der Waals surface area contributed by atoms with Crippen LogP contribution in [0.2, 0.25) is 0 Å². The zero-order valence-electron chi connectivity index (χ0n) is 11.2. The first kappa shape index (κ1) is 17.8. The molecule has 2 atom stereocenters. The van der Waals surface area contributed by atoms with E-state index in [9.17, 15) is 9.59 Å². The van der Waals surface area contributed by atoms with Crippen LogP contribution in [-0.2, 0) is 9.59 Å². The highest BCUT2D eigenvalue weighted by Crippen LogP contribution is 2.10. The summed E-state index contributed by atoms with van der Waals surface area (Å²) >= 11 is 0. The van der Waals surface area contributed by atoms with Crippen LogP contribution < -0.4 is 5.73 Å². The van der Waals surface area contributed by atoms with Gasteiger partial charge in [-0.1, -0.05) is 36.9 Å². The molecule has 5 N–H and O–H groups in total. The van der Waals surface area contributed by atoms with Gasteiger partial charge in [-0.25, -0.2) is 4.79 Å². The van der Waals surface area contributed by atoms with Crippen LogP contribution in [0, 0.1) is 0 Å². The molecular formula is C14H19NO5. The lowest BCUT2D eigenvalue weighted by Crippen LogP contribution is -2.22. The fourth-order valence-corrected chi connectivity index (χ4v) is 1.19. The van der Waals surface area contributed by atoms with Gasteiger partial charge in [-0.3, -0.25) is 4.79 Å². The van der Waals surface area contributed by atoms with Gasteiger partial charge in [0.1, 0.15) is 0 Å². The van der Waals surface area contributed by atoms with Crippen LogP contribution >= 0.6 is 0 Å². The number of benzene rings is 1. The zero-order valence-corrected chi connectivity index (χ0v) is 11.2. The van der Waals surface area contributed by atoms with Crippen LogP contribution in [0.5, 0.6) is 0 Å². The first-order valence-electron chi connectivity index (χ1n) is 5.88. The van der Waals surface area contributed by atoms with Crippen LogP contribution in [0.4, 0.5) is 0 Å². The highest BCUT2D eigenvalue weighted by atomic mass is 16.4. The molecule has 0 aliphatic rings. The molecule has 0 aliphatic heterocycles. The van der Waals surface area contributed by atoms with Crippen molar-refractivity contribution >= 4 is 18.0 Å². The molecule has 0 amide bonds. The number of carbonyl (C=O) groups is 2. The molecule has 0 fully saturated rings. The SMILES string of the molecule is C=Cc1ccc([C@@H](C)N)cc1.O=C(O)CC(O)C(=O)O. The van der Waals surface area contributed by atoms with Gasteiger partial charge in [-0.2, -0.15) is 0 Å². The summed E-state index contributed by atoms with van der Waals surface area (Å²) in [6, 6.07) is 8.22. The van der Waals surface area contributed by atoms with Crippen LogP contribution in [0.15, 0.2) is 30.8 Å². The molecule has 0 saturated carbocycles. The Labute approximate surface area is 117 Å². The number of aliphatic hydroxyl groups excluding tert-OH is 1. The Kier molecular flexibility index (Phi) is 7.88. The highest BCUT2D eigenvalue weighted by molar-refractivity contribution is 5.79. The van der Waals surface area contributed by atoms with Gasteiger partial charge < -0.3 is 21.1 Å². The average molecular weight is 281 g/mol. The molecule has 1 unspecified atom stereocenters. The fourth-order valence-electron chi connectivity index (χ4n) is 1.19. The Morgan fingerprint density at radius 1 is 1.30 bits per heavy atom. The third-order valence-electron chi connectivity index (χ3n) is 2.35. The second-order valence-corrected chi connectivity index (χ2v) is 4.11. The molecule has 20 heavy (non-hydrogen) atoms. The van der Waals surface area contributed by atoms with E-state index in [1.807, 2.05) is 37.3 Å². The second kappa shape index (κ2) is 8.84. The van der Waals surface area contributed by atoms with Gasteiger partial charge in [-0.05, 0) is 18.1 Å². The maximum absolute atomic E-state index is 9.72. The first-order chi connectivity index (χ1) is 9.27. The number of rotatable bonds is 5. The van der Waals surface area contributed by atoms with Crippen molar-refractivity contribution in [1.82, 2.24) is 0 Å². The number of aliphatic hydroxyl groups is 1. The molecule has 1 rings (SSSR count). The van der Waals surface area contributed by atoms with Gasteiger partial charge in [0.15, 0.2) is 6.10 Å². The molecular weight excluding hydrogens is 262 g/mol. The number of nitrogens with two attached hydrogens (primary N) is 1. The summed E-state index contributed by atoms with van der Waals surface area (Å²) in [4.78, 5) is 19.4. The smallest absolute Gasteiger partial charge is 0.333 e. The summed E-state index contributed by atoms with van der Waals surface area (Å²) in [7, 11) is 0. The molecule has 0 saturated heterocycles. The first-order valence-corrected chi connectivity index (χ1v) is 5.88. The number of hydrogen-bond acceptors (Lipinski definition) is 4. The molecule has 1 aromatic rings. The van der Waals surface area contributed by atoms with E-state index in [4.69, 9.17) is 21.1 Å². The van der Waals surface area contributed by atoms with E-state index in [1.165, 1.54) is 0 Å². The van der Waals surface area contributed by atoms with Gasteiger partial charge in [0, 0.05) is 6.04 Å². The quantitative estimate of drug-likeness (QED) is 0.644. The molecule has 6 heteroatoms. The molecule has 0 radical (unpaired) electrons. The minimum atomic E-state index is -1.79. The van der Waals surface area contributed by atoms with Gasteiger partial charge in [0.05, 0.1) is 6.42 Å². The number of aliphatic carboxylic acids is 2. The predicted octanol–water partition coefficient (Wildman–Crippen LogP) is 1.26. The van der Waals surface area contributed by atoms with Crippen molar-refractivity contribution in [3.05, 3.63) is 42.0 Å². The molecule has 0 bridgehead atoms. The fraction of sp³-hybridized carbons (Fsp3) is 0.286. The zero-order chi connectivity index (χ0) is 15.7. The molecule has 0 aromatic heterocycles. The van der Waals surface area contributed by atoms with Crippen molar-refractivity contribution in [2.45, 2.75) is 25.5 Å². The lowest BCUT2D eigenvalue weighted by Gasteiger charge is -2.04. The number of carboxylic acids is 2. The molecule has 0 heterocycles.